The number of nitrogens with one attached hydrogen (secondary N) is 1. The molecule has 0 unspecified atom stereocenters. The van der Waals surface area contributed by atoms with Crippen LogP contribution in [0.5, 0.6) is 0 Å². The third-order valence-corrected chi connectivity index (χ3v) is 6.08. The molecule has 0 aliphatic carbocycles. The van der Waals surface area contributed by atoms with Crippen molar-refractivity contribution in [2.75, 3.05) is 0 Å². The molecule has 0 spiro atoms. The number of aromatic amines is 1. The first kappa shape index (κ1) is 23.3. The van der Waals surface area contributed by atoms with Crippen LogP contribution in [-0.4, -0.2) is 39.3 Å². The summed E-state index contributed by atoms with van der Waals surface area (Å²) in [7, 11) is 0. The normalized spacial score (nSPS) is 11.8. The molecule has 4 heterocycles. The Morgan fingerprint density at radius 2 is 2.00 bits per heavy atom. The van der Waals surface area contributed by atoms with E-state index in [-0.39, 0.29) is 23.4 Å². The van der Waals surface area contributed by atoms with Crippen LogP contribution in [0.3, 0.4) is 0 Å². The number of H-pyrrole nitrogens is 1. The minimum atomic E-state index is -0.668. The Kier molecular flexibility index (Phi) is 6.41. The van der Waals surface area contributed by atoms with Crippen molar-refractivity contribution in [2.24, 2.45) is 0 Å². The lowest BCUT2D eigenvalue weighted by Crippen LogP contribution is -2.21. The van der Waals surface area contributed by atoms with Crippen LogP contribution in [0.2, 0.25) is 0 Å². The summed E-state index contributed by atoms with van der Waals surface area (Å²) in [6, 6.07) is 3.35. The second-order valence-corrected chi connectivity index (χ2v) is 8.91. The zero-order valence-electron chi connectivity index (χ0n) is 18.8. The monoisotopic (exact) mass is 546 g/mol. The van der Waals surface area contributed by atoms with Gasteiger partial charge in [0.15, 0.2) is 21.7 Å². The highest BCUT2D eigenvalue weighted by Gasteiger charge is 2.20. The van der Waals surface area contributed by atoms with Crippen molar-refractivity contribution in [3.8, 4) is 0 Å². The lowest BCUT2D eigenvalue weighted by Gasteiger charge is -2.09. The quantitative estimate of drug-likeness (QED) is 0.221. The molecule has 0 atom stereocenters. The van der Waals surface area contributed by atoms with E-state index >= 15 is 0 Å². The van der Waals surface area contributed by atoms with E-state index in [0.29, 0.717) is 52.8 Å². The molecule has 0 aliphatic heterocycles. The number of fused-ring (bicyclic) bond motifs is 2. The lowest BCUT2D eigenvalue weighted by molar-refractivity contribution is 0.372. The maximum absolute atomic E-state index is 13.9. The van der Waals surface area contributed by atoms with Gasteiger partial charge in [-0.25, -0.2) is 18.2 Å². The Balaban J connectivity index is 1.40. The third-order valence-electron chi connectivity index (χ3n) is 5.70. The Morgan fingerprint density at radius 1 is 1.14 bits per heavy atom. The topological polar surface area (TPSA) is 120 Å². The van der Waals surface area contributed by atoms with Crippen LogP contribution in [0.15, 0.2) is 32.3 Å². The molecule has 182 valence electrons. The standard InChI is InChI=1S/C22H21BrF2N8O2/c1-2-3-4-9-32-19-18(27-21(23)28-19)20(34)33-16(29-30-22(32)33)7-8-17-26-15(31-35-17)10-12-5-6-13(24)11-14(12)25/h5-6,11H,2-4,7-10H2,1H3,(H,27,28). The largest absolute Gasteiger partial charge is 0.339 e. The van der Waals surface area contributed by atoms with E-state index in [4.69, 9.17) is 4.52 Å². The van der Waals surface area contributed by atoms with Gasteiger partial charge in [-0.15, -0.1) is 10.2 Å². The molecule has 35 heavy (non-hydrogen) atoms. The molecular formula is C22H21BrF2N8O2. The van der Waals surface area contributed by atoms with E-state index < -0.39 is 11.6 Å². The average Bonchev–Trinajstić information content (AvgIpc) is 3.55. The predicted molar refractivity (Wildman–Crippen MR) is 125 cm³/mol. The highest BCUT2D eigenvalue weighted by atomic mass is 79.9. The Hall–Kier alpha value is -3.48. The van der Waals surface area contributed by atoms with Crippen LogP contribution in [0.4, 0.5) is 8.78 Å². The summed E-state index contributed by atoms with van der Waals surface area (Å²) in [4.78, 5) is 24.9. The summed E-state index contributed by atoms with van der Waals surface area (Å²) in [5, 5.41) is 12.4. The maximum atomic E-state index is 13.9. The molecule has 5 rings (SSSR count). The zero-order valence-corrected chi connectivity index (χ0v) is 20.3. The molecule has 0 fully saturated rings. The first-order valence-electron chi connectivity index (χ1n) is 11.2. The fraction of sp³-hybridized carbons (Fsp3) is 0.364. The number of aromatic nitrogens is 8. The fourth-order valence-corrected chi connectivity index (χ4v) is 4.35. The maximum Gasteiger partial charge on any atom is 0.286 e. The second-order valence-electron chi connectivity index (χ2n) is 8.16. The van der Waals surface area contributed by atoms with Crippen LogP contribution in [0, 0.1) is 11.6 Å². The van der Waals surface area contributed by atoms with Crippen LogP contribution in [0.1, 0.15) is 49.3 Å². The number of nitrogens with zero attached hydrogens (tertiary/aromatic N) is 7. The third kappa shape index (κ3) is 4.59. The molecule has 10 nitrogen and oxygen atoms in total. The summed E-state index contributed by atoms with van der Waals surface area (Å²) < 4.78 is 36.2. The van der Waals surface area contributed by atoms with Gasteiger partial charge >= 0.3 is 0 Å². The van der Waals surface area contributed by atoms with Gasteiger partial charge in [-0.05, 0) is 34.0 Å². The summed E-state index contributed by atoms with van der Waals surface area (Å²) in [6.07, 6.45) is 3.70. The van der Waals surface area contributed by atoms with Crippen molar-refractivity contribution in [3.05, 3.63) is 68.0 Å². The van der Waals surface area contributed by atoms with Crippen LogP contribution in [-0.2, 0) is 25.8 Å². The molecule has 0 saturated heterocycles. The highest BCUT2D eigenvalue weighted by molar-refractivity contribution is 9.10. The van der Waals surface area contributed by atoms with Gasteiger partial charge in [-0.2, -0.15) is 4.98 Å². The summed E-state index contributed by atoms with van der Waals surface area (Å²) in [5.74, 6) is 0.145. The lowest BCUT2D eigenvalue weighted by atomic mass is 10.1. The van der Waals surface area contributed by atoms with Crippen molar-refractivity contribution >= 4 is 32.9 Å². The summed E-state index contributed by atoms with van der Waals surface area (Å²) in [5.41, 5.74) is 0.862. The molecule has 0 bridgehead atoms. The van der Waals surface area contributed by atoms with Crippen molar-refractivity contribution in [1.82, 2.24) is 39.3 Å². The SMILES string of the molecule is CCCCCn1c2nc(Br)[nH]c2c(=O)n2c(CCc3nc(Cc4ccc(F)cc4F)no3)nnc12. The first-order valence-corrected chi connectivity index (χ1v) is 12.0. The molecular weight excluding hydrogens is 526 g/mol. The van der Waals surface area contributed by atoms with E-state index in [1.54, 1.807) is 0 Å². The van der Waals surface area contributed by atoms with Gasteiger partial charge in [0, 0.05) is 31.9 Å². The fourth-order valence-electron chi connectivity index (χ4n) is 3.98. The number of rotatable bonds is 9. The summed E-state index contributed by atoms with van der Waals surface area (Å²) in [6.45, 7) is 2.77. The number of hydrogen-bond donors (Lipinski definition) is 1. The number of benzene rings is 1. The molecule has 0 aliphatic rings. The number of unbranched alkanes of at least 4 members (excludes halogenated alkanes) is 2. The molecule has 5 aromatic rings. The molecule has 4 aromatic heterocycles. The minimum absolute atomic E-state index is 0.0681. The Labute approximate surface area is 205 Å². The van der Waals surface area contributed by atoms with Crippen molar-refractivity contribution in [3.63, 3.8) is 0 Å². The zero-order chi connectivity index (χ0) is 24.5. The molecule has 0 radical (unpaired) electrons. The van der Waals surface area contributed by atoms with Gasteiger partial charge in [0.05, 0.1) is 0 Å². The van der Waals surface area contributed by atoms with Gasteiger partial charge in [-0.1, -0.05) is 31.0 Å². The first-order chi connectivity index (χ1) is 16.9. The highest BCUT2D eigenvalue weighted by Crippen LogP contribution is 2.18. The minimum Gasteiger partial charge on any atom is -0.339 e. The van der Waals surface area contributed by atoms with Crippen LogP contribution >= 0.6 is 15.9 Å². The Bertz CT molecular complexity index is 1570. The average molecular weight is 547 g/mol. The molecule has 1 N–H and O–H groups in total. The number of aryl methyl sites for hydroxylation is 3. The predicted octanol–water partition coefficient (Wildman–Crippen LogP) is 3.76. The molecule has 1 aromatic carbocycles. The molecule has 13 heteroatoms. The van der Waals surface area contributed by atoms with E-state index in [1.165, 1.54) is 16.5 Å². The van der Waals surface area contributed by atoms with Crippen LogP contribution in [0.25, 0.3) is 16.9 Å². The van der Waals surface area contributed by atoms with E-state index in [1.807, 2.05) is 4.57 Å². The van der Waals surface area contributed by atoms with Gasteiger partial charge in [0.1, 0.15) is 17.5 Å². The second kappa shape index (κ2) is 9.64. The summed E-state index contributed by atoms with van der Waals surface area (Å²) >= 11 is 3.32. The smallest absolute Gasteiger partial charge is 0.286 e. The van der Waals surface area contributed by atoms with Gasteiger partial charge in [0.25, 0.3) is 5.56 Å². The molecule has 0 saturated carbocycles. The Morgan fingerprint density at radius 3 is 2.80 bits per heavy atom. The van der Waals surface area contributed by atoms with Crippen molar-refractivity contribution in [1.29, 1.82) is 0 Å². The van der Waals surface area contributed by atoms with Gasteiger partial charge < -0.3 is 9.51 Å². The number of halogens is 3. The van der Waals surface area contributed by atoms with E-state index in [9.17, 15) is 13.6 Å². The van der Waals surface area contributed by atoms with Gasteiger partial charge in [-0.3, -0.25) is 9.36 Å². The van der Waals surface area contributed by atoms with Crippen LogP contribution < -0.4 is 5.56 Å². The molecule has 0 amide bonds. The van der Waals surface area contributed by atoms with Gasteiger partial charge in [0.2, 0.25) is 11.7 Å². The van der Waals surface area contributed by atoms with Crippen molar-refractivity contribution in [2.45, 2.75) is 52.0 Å². The van der Waals surface area contributed by atoms with E-state index in [0.717, 1.165) is 25.3 Å². The number of hydrogen-bond acceptors (Lipinski definition) is 7. The van der Waals surface area contributed by atoms with Crippen molar-refractivity contribution < 1.29 is 13.3 Å². The number of imidazole rings is 1. The van der Waals surface area contributed by atoms with E-state index in [2.05, 4.69) is 53.2 Å².